The second-order valence-electron chi connectivity index (χ2n) is 2.57. The van der Waals surface area contributed by atoms with Crippen LogP contribution in [0.3, 0.4) is 0 Å². The van der Waals surface area contributed by atoms with Gasteiger partial charge in [-0.15, -0.1) is 0 Å². The van der Waals surface area contributed by atoms with E-state index in [1.54, 1.807) is 0 Å². The molecule has 1 aromatic rings. The maximum Gasteiger partial charge on any atom is 0.273 e. The van der Waals surface area contributed by atoms with E-state index in [1.165, 1.54) is 32.4 Å². The first-order chi connectivity index (χ1) is 7.19. The standard InChI is InChI=1S/C10H9NO4/c1-14-6-5-8-3-4-9(11(12)13)7-10(8)15-2/h3-4,7H,1-2H3. The first kappa shape index (κ1) is 10.9. The first-order valence-electron chi connectivity index (χ1n) is 4.05. The number of hydrogen-bond acceptors (Lipinski definition) is 4. The average molecular weight is 207 g/mol. The zero-order valence-corrected chi connectivity index (χ0v) is 8.31. The van der Waals surface area contributed by atoms with E-state index in [0.717, 1.165) is 0 Å². The molecule has 0 unspecified atom stereocenters. The van der Waals surface area contributed by atoms with E-state index in [2.05, 4.69) is 16.8 Å². The van der Waals surface area contributed by atoms with E-state index in [9.17, 15) is 10.1 Å². The van der Waals surface area contributed by atoms with Crippen molar-refractivity contribution in [1.82, 2.24) is 0 Å². The fourth-order valence-corrected chi connectivity index (χ4v) is 1.00. The molecule has 0 atom stereocenters. The fraction of sp³-hybridized carbons (Fsp3) is 0.200. The average Bonchev–Trinajstić information content (AvgIpc) is 2.25. The molecule has 0 amide bonds. The lowest BCUT2D eigenvalue weighted by atomic mass is 10.2. The van der Waals surface area contributed by atoms with E-state index in [0.29, 0.717) is 11.3 Å². The highest BCUT2D eigenvalue weighted by Crippen LogP contribution is 2.23. The van der Waals surface area contributed by atoms with Crippen molar-refractivity contribution in [3.05, 3.63) is 33.9 Å². The Labute approximate surface area is 86.8 Å². The van der Waals surface area contributed by atoms with Gasteiger partial charge in [-0.3, -0.25) is 10.1 Å². The zero-order valence-electron chi connectivity index (χ0n) is 8.31. The molecular weight excluding hydrogens is 198 g/mol. The van der Waals surface area contributed by atoms with Crippen molar-refractivity contribution in [3.63, 3.8) is 0 Å². The number of benzene rings is 1. The van der Waals surface area contributed by atoms with Crippen LogP contribution in [0.1, 0.15) is 5.56 Å². The van der Waals surface area contributed by atoms with E-state index in [4.69, 9.17) is 4.74 Å². The van der Waals surface area contributed by atoms with Crippen LogP contribution >= 0.6 is 0 Å². The monoisotopic (exact) mass is 207 g/mol. The minimum atomic E-state index is -0.490. The summed E-state index contributed by atoms with van der Waals surface area (Å²) in [4.78, 5) is 9.99. The molecule has 0 aliphatic rings. The molecule has 1 aromatic carbocycles. The molecule has 5 nitrogen and oxygen atoms in total. The maximum absolute atomic E-state index is 10.5. The molecule has 78 valence electrons. The van der Waals surface area contributed by atoms with Crippen LogP contribution in [0.15, 0.2) is 18.2 Å². The summed E-state index contributed by atoms with van der Waals surface area (Å²) in [6.45, 7) is 0. The van der Waals surface area contributed by atoms with Gasteiger partial charge in [0.1, 0.15) is 11.9 Å². The Morgan fingerprint density at radius 1 is 1.40 bits per heavy atom. The summed E-state index contributed by atoms with van der Waals surface area (Å²) in [5.41, 5.74) is 0.514. The Morgan fingerprint density at radius 2 is 2.13 bits per heavy atom. The van der Waals surface area contributed by atoms with Crippen LogP contribution in [-0.4, -0.2) is 19.1 Å². The van der Waals surface area contributed by atoms with Crippen molar-refractivity contribution >= 4 is 5.69 Å². The van der Waals surface area contributed by atoms with Crippen LogP contribution in [0, 0.1) is 22.1 Å². The third-order valence-electron chi connectivity index (χ3n) is 1.68. The Bertz CT molecular complexity index is 431. The van der Waals surface area contributed by atoms with Crippen LogP contribution < -0.4 is 4.74 Å². The molecule has 0 aliphatic carbocycles. The lowest BCUT2D eigenvalue weighted by Gasteiger charge is -2.01. The predicted molar refractivity (Wildman–Crippen MR) is 53.5 cm³/mol. The molecule has 0 aromatic heterocycles. The van der Waals surface area contributed by atoms with Crippen LogP contribution in [0.25, 0.3) is 0 Å². The summed E-state index contributed by atoms with van der Waals surface area (Å²) in [6.07, 6.45) is 2.39. The normalized spacial score (nSPS) is 8.67. The number of nitrogens with zero attached hydrogens (tertiary/aromatic N) is 1. The number of methoxy groups -OCH3 is 2. The molecule has 0 saturated carbocycles. The van der Waals surface area contributed by atoms with Gasteiger partial charge < -0.3 is 9.47 Å². The van der Waals surface area contributed by atoms with Gasteiger partial charge in [0.15, 0.2) is 0 Å². The van der Waals surface area contributed by atoms with E-state index in [-0.39, 0.29) is 5.69 Å². The largest absolute Gasteiger partial charge is 0.495 e. The van der Waals surface area contributed by atoms with Gasteiger partial charge in [0.25, 0.3) is 5.69 Å². The van der Waals surface area contributed by atoms with Gasteiger partial charge in [-0.2, -0.15) is 0 Å². The van der Waals surface area contributed by atoms with Gasteiger partial charge in [0, 0.05) is 6.07 Å². The Balaban J connectivity index is 3.14. The van der Waals surface area contributed by atoms with E-state index in [1.807, 2.05) is 0 Å². The number of non-ortho nitro benzene ring substituents is 1. The molecule has 0 aliphatic heterocycles. The highest BCUT2D eigenvalue weighted by Gasteiger charge is 2.09. The molecule has 0 bridgehead atoms. The van der Waals surface area contributed by atoms with Gasteiger partial charge in [-0.05, 0) is 12.0 Å². The fourth-order valence-electron chi connectivity index (χ4n) is 1.00. The van der Waals surface area contributed by atoms with Gasteiger partial charge in [0.2, 0.25) is 0 Å². The summed E-state index contributed by atoms with van der Waals surface area (Å²) in [5.74, 6) is 3.02. The highest BCUT2D eigenvalue weighted by atomic mass is 16.6. The third kappa shape index (κ3) is 2.61. The van der Waals surface area contributed by atoms with Crippen molar-refractivity contribution < 1.29 is 14.4 Å². The van der Waals surface area contributed by atoms with Crippen molar-refractivity contribution in [2.75, 3.05) is 14.2 Å². The van der Waals surface area contributed by atoms with Crippen molar-refractivity contribution in [2.24, 2.45) is 0 Å². The predicted octanol–water partition coefficient (Wildman–Crippen LogP) is 1.56. The number of nitro benzene ring substituents is 1. The SMILES string of the molecule is COC#Cc1ccc([N+](=O)[O-])cc1OC. The summed E-state index contributed by atoms with van der Waals surface area (Å²) in [5, 5.41) is 10.5. The van der Waals surface area contributed by atoms with Crippen molar-refractivity contribution in [2.45, 2.75) is 0 Å². The van der Waals surface area contributed by atoms with Crippen molar-refractivity contribution in [1.29, 1.82) is 0 Å². The number of ether oxygens (including phenoxy) is 2. The summed E-state index contributed by atoms with van der Waals surface area (Å²) in [7, 11) is 2.86. The van der Waals surface area contributed by atoms with Gasteiger partial charge in [0.05, 0.1) is 30.8 Å². The lowest BCUT2D eigenvalue weighted by Crippen LogP contribution is -1.92. The van der Waals surface area contributed by atoms with Gasteiger partial charge in [-0.1, -0.05) is 0 Å². The third-order valence-corrected chi connectivity index (χ3v) is 1.68. The molecule has 0 heterocycles. The Kier molecular flexibility index (Phi) is 3.52. The van der Waals surface area contributed by atoms with Gasteiger partial charge in [-0.25, -0.2) is 0 Å². The molecule has 15 heavy (non-hydrogen) atoms. The summed E-state index contributed by atoms with van der Waals surface area (Å²) in [6, 6.07) is 4.20. The molecule has 0 saturated heterocycles. The molecule has 0 N–H and O–H groups in total. The molecule has 1 rings (SSSR count). The van der Waals surface area contributed by atoms with E-state index < -0.39 is 4.92 Å². The van der Waals surface area contributed by atoms with Crippen LogP contribution in [0.5, 0.6) is 5.75 Å². The second kappa shape index (κ2) is 4.86. The first-order valence-corrected chi connectivity index (χ1v) is 4.05. The molecule has 0 fully saturated rings. The number of hydrogen-bond donors (Lipinski definition) is 0. The molecule has 0 radical (unpaired) electrons. The van der Waals surface area contributed by atoms with Crippen molar-refractivity contribution in [3.8, 4) is 17.8 Å². The van der Waals surface area contributed by atoms with Crippen LogP contribution in [-0.2, 0) is 4.74 Å². The second-order valence-corrected chi connectivity index (χ2v) is 2.57. The van der Waals surface area contributed by atoms with Crippen LogP contribution in [0.2, 0.25) is 0 Å². The number of nitro groups is 1. The molecular formula is C10H9NO4. The number of rotatable bonds is 2. The minimum Gasteiger partial charge on any atom is -0.495 e. The van der Waals surface area contributed by atoms with Crippen LogP contribution in [0.4, 0.5) is 5.69 Å². The molecule has 0 spiro atoms. The Morgan fingerprint density at radius 3 is 2.67 bits per heavy atom. The maximum atomic E-state index is 10.5. The smallest absolute Gasteiger partial charge is 0.273 e. The topological polar surface area (TPSA) is 61.6 Å². The quantitative estimate of drug-likeness (QED) is 0.419. The zero-order chi connectivity index (χ0) is 11.3. The molecule has 5 heteroatoms. The van der Waals surface area contributed by atoms with E-state index >= 15 is 0 Å². The van der Waals surface area contributed by atoms with Gasteiger partial charge >= 0.3 is 0 Å². The lowest BCUT2D eigenvalue weighted by molar-refractivity contribution is -0.384. The highest BCUT2D eigenvalue weighted by molar-refractivity contribution is 5.51. The Hall–Kier alpha value is -2.22. The minimum absolute atomic E-state index is 0.0326. The summed E-state index contributed by atoms with van der Waals surface area (Å²) >= 11 is 0. The summed E-state index contributed by atoms with van der Waals surface area (Å²) < 4.78 is 9.54.